The maximum atomic E-state index is 12.5. The van der Waals surface area contributed by atoms with Crippen molar-refractivity contribution in [3.05, 3.63) is 70.8 Å². The van der Waals surface area contributed by atoms with E-state index in [0.717, 1.165) is 69.4 Å². The molecule has 2 saturated heterocycles. The van der Waals surface area contributed by atoms with Crippen molar-refractivity contribution in [1.29, 1.82) is 0 Å². The van der Waals surface area contributed by atoms with E-state index in [1.807, 2.05) is 36.1 Å². The molecule has 46 heavy (non-hydrogen) atoms. The Morgan fingerprint density at radius 1 is 0.717 bits per heavy atom. The van der Waals surface area contributed by atoms with Gasteiger partial charge in [-0.2, -0.15) is 16.8 Å². The third-order valence-corrected chi connectivity index (χ3v) is 9.60. The van der Waals surface area contributed by atoms with Gasteiger partial charge in [0, 0.05) is 32.2 Å². The van der Waals surface area contributed by atoms with Gasteiger partial charge in [0.1, 0.15) is 11.6 Å². The molecule has 4 rings (SSSR count). The van der Waals surface area contributed by atoms with Crippen molar-refractivity contribution >= 4 is 32.0 Å². The molecule has 0 aromatic heterocycles. The van der Waals surface area contributed by atoms with Gasteiger partial charge in [-0.3, -0.25) is 9.59 Å². The number of rotatable bonds is 12. The fourth-order valence-corrected chi connectivity index (χ4v) is 5.87. The van der Waals surface area contributed by atoms with Crippen molar-refractivity contribution in [3.8, 4) is 0 Å². The molecule has 2 aliphatic rings. The van der Waals surface area contributed by atoms with Crippen molar-refractivity contribution < 1.29 is 34.2 Å². The van der Waals surface area contributed by atoms with Gasteiger partial charge in [0.15, 0.2) is 0 Å². The normalized spacial score (nSPS) is 16.5. The molecule has 0 bridgehead atoms. The molecule has 0 amide bonds. The molecule has 0 unspecified atom stereocenters. The number of piperidine rings is 2. The fourth-order valence-electron chi connectivity index (χ4n) is 5.39. The van der Waals surface area contributed by atoms with Crippen LogP contribution < -0.4 is 5.32 Å². The second kappa shape index (κ2) is 20.0. The quantitative estimate of drug-likeness (QED) is 0.299. The molecule has 2 fully saturated rings. The molecule has 2 aromatic rings. The van der Waals surface area contributed by atoms with Crippen LogP contribution in [0.5, 0.6) is 0 Å². The number of nitrogens with one attached hydrogen (secondary N) is 1. The van der Waals surface area contributed by atoms with E-state index in [2.05, 4.69) is 36.5 Å². The van der Waals surface area contributed by atoms with Crippen LogP contribution in [0.25, 0.3) is 0 Å². The van der Waals surface area contributed by atoms with Crippen LogP contribution in [0.1, 0.15) is 67.7 Å². The number of ketones is 2. The number of Topliss-reactive ketones (excluding diaryl/α,β-unsaturated/α-hetero) is 2. The number of hydrogen-bond donors (Lipinski definition) is 1. The molecule has 0 saturated carbocycles. The summed E-state index contributed by atoms with van der Waals surface area (Å²) in [4.78, 5) is 26.1. The third kappa shape index (κ3) is 18.6. The Labute approximate surface area is 274 Å². The zero-order valence-electron chi connectivity index (χ0n) is 27.3. The lowest BCUT2D eigenvalue weighted by Gasteiger charge is -2.31. The van der Waals surface area contributed by atoms with Gasteiger partial charge < -0.3 is 10.2 Å². The summed E-state index contributed by atoms with van der Waals surface area (Å²) in [6, 6.07) is 16.3. The summed E-state index contributed by atoms with van der Waals surface area (Å²) < 4.78 is 63.4. The number of likely N-dealkylation sites (tertiary alicyclic amines) is 1. The van der Waals surface area contributed by atoms with Gasteiger partial charge in [-0.1, -0.05) is 59.7 Å². The lowest BCUT2D eigenvalue weighted by molar-refractivity contribution is -0.120. The molecule has 8 nitrogen and oxygen atoms in total. The zero-order chi connectivity index (χ0) is 34.2. The minimum atomic E-state index is -4.39. The Morgan fingerprint density at radius 3 is 1.48 bits per heavy atom. The Balaban J connectivity index is 0.000000280. The number of halogens is 2. The van der Waals surface area contributed by atoms with Crippen molar-refractivity contribution in [2.45, 2.75) is 72.1 Å². The summed E-state index contributed by atoms with van der Waals surface area (Å²) in [6.45, 7) is 9.19. The summed E-state index contributed by atoms with van der Waals surface area (Å²) >= 11 is 0. The highest BCUT2D eigenvalue weighted by molar-refractivity contribution is 7.86. The van der Waals surface area contributed by atoms with Crippen LogP contribution in [-0.4, -0.2) is 77.5 Å². The Bertz CT molecular complexity index is 1420. The molecule has 0 atom stereocenters. The predicted molar refractivity (Wildman–Crippen MR) is 179 cm³/mol. The molecule has 2 heterocycles. The molecule has 0 spiro atoms. The van der Waals surface area contributed by atoms with Crippen LogP contribution in [0.15, 0.2) is 48.5 Å². The average Bonchev–Trinajstić information content (AvgIpc) is 2.99. The number of nitrogens with zero attached hydrogens (tertiary/aromatic N) is 1. The first kappa shape index (κ1) is 39.6. The highest BCUT2D eigenvalue weighted by atomic mass is 32.3. The Hall–Kier alpha value is -2.54. The first-order chi connectivity index (χ1) is 21.6. The smallest absolute Gasteiger partial charge is 0.303 e. The Kier molecular flexibility index (Phi) is 17.2. The standard InChI is InChI=1S/C17H24FNO3S.C15H21NO.C2H5FO2S/c1-14-2-4-15(5-3-14)12-17(20)13-16-6-8-19(9-7-16)10-11-23(18,21)22;1-12-2-4-13(5-3-12)10-15(17)11-14-6-8-16-9-7-14;1-2-6(3,4)5/h2-5,16H,6-13H2,1H3;2-5,14,16H,6-11H2,1H3;2H2,1H3. The molecule has 258 valence electrons. The third-order valence-electron chi connectivity index (χ3n) is 8.24. The fraction of sp³-hybridized carbons (Fsp3) is 0.588. The Morgan fingerprint density at radius 2 is 1.11 bits per heavy atom. The lowest BCUT2D eigenvalue weighted by Crippen LogP contribution is -2.37. The van der Waals surface area contributed by atoms with Crippen molar-refractivity contribution in [3.63, 3.8) is 0 Å². The summed E-state index contributed by atoms with van der Waals surface area (Å²) in [6.07, 6.45) is 6.45. The first-order valence-corrected chi connectivity index (χ1v) is 19.1. The minimum Gasteiger partial charge on any atom is -0.317 e. The molecule has 1 N–H and O–H groups in total. The van der Waals surface area contributed by atoms with Crippen molar-refractivity contribution in [2.24, 2.45) is 11.8 Å². The molecule has 2 aromatic carbocycles. The van der Waals surface area contributed by atoms with Crippen molar-refractivity contribution in [2.75, 3.05) is 44.2 Å². The minimum absolute atomic E-state index is 0.239. The van der Waals surface area contributed by atoms with Gasteiger partial charge in [-0.15, -0.1) is 7.77 Å². The summed E-state index contributed by atoms with van der Waals surface area (Å²) in [7, 11) is -8.55. The molecule has 0 aliphatic carbocycles. The van der Waals surface area contributed by atoms with E-state index in [0.29, 0.717) is 36.9 Å². The zero-order valence-corrected chi connectivity index (χ0v) is 29.0. The largest absolute Gasteiger partial charge is 0.317 e. The topological polar surface area (TPSA) is 118 Å². The van der Waals surface area contributed by atoms with Gasteiger partial charge in [0.25, 0.3) is 0 Å². The average molecular weight is 685 g/mol. The predicted octanol–water partition coefficient (Wildman–Crippen LogP) is 5.31. The van der Waals surface area contributed by atoms with Gasteiger partial charge in [0.2, 0.25) is 0 Å². The number of hydrogen-bond acceptors (Lipinski definition) is 8. The van der Waals surface area contributed by atoms with E-state index in [-0.39, 0.29) is 12.3 Å². The van der Waals surface area contributed by atoms with E-state index in [1.165, 1.54) is 18.1 Å². The number of aryl methyl sites for hydroxylation is 2. The number of carbonyl (C=O) groups excluding carboxylic acids is 2. The van der Waals surface area contributed by atoms with E-state index < -0.39 is 32.0 Å². The van der Waals surface area contributed by atoms with Crippen LogP contribution in [0.4, 0.5) is 7.77 Å². The first-order valence-electron chi connectivity index (χ1n) is 16.0. The molecular weight excluding hydrogens is 635 g/mol. The van der Waals surface area contributed by atoms with E-state index >= 15 is 0 Å². The van der Waals surface area contributed by atoms with E-state index in [9.17, 15) is 34.2 Å². The summed E-state index contributed by atoms with van der Waals surface area (Å²) in [5, 5.41) is 3.33. The maximum absolute atomic E-state index is 12.5. The number of carbonyl (C=O) groups is 2. The van der Waals surface area contributed by atoms with Crippen LogP contribution >= 0.6 is 0 Å². The van der Waals surface area contributed by atoms with Crippen LogP contribution in [0.2, 0.25) is 0 Å². The summed E-state index contributed by atoms with van der Waals surface area (Å²) in [5.41, 5.74) is 4.63. The highest BCUT2D eigenvalue weighted by Crippen LogP contribution is 2.22. The van der Waals surface area contributed by atoms with Gasteiger partial charge >= 0.3 is 20.4 Å². The van der Waals surface area contributed by atoms with E-state index in [1.54, 1.807) is 0 Å². The second-order valence-electron chi connectivity index (χ2n) is 12.4. The van der Waals surface area contributed by atoms with Gasteiger partial charge in [-0.25, -0.2) is 0 Å². The lowest BCUT2D eigenvalue weighted by atomic mass is 9.90. The van der Waals surface area contributed by atoms with Crippen molar-refractivity contribution in [1.82, 2.24) is 10.2 Å². The summed E-state index contributed by atoms with van der Waals surface area (Å²) in [5.74, 6) is 0.733. The molecular formula is C34H50F2N2O6S2. The maximum Gasteiger partial charge on any atom is 0.303 e. The molecule has 0 radical (unpaired) electrons. The van der Waals surface area contributed by atoms with Crippen LogP contribution in [0.3, 0.4) is 0 Å². The SMILES string of the molecule is CCS(=O)(=O)F.Cc1ccc(CC(=O)CC2CCN(CCS(=O)(=O)F)CC2)cc1.Cc1ccc(CC(=O)CC2CCNCC2)cc1. The van der Waals surface area contributed by atoms with Crippen LogP contribution in [-0.2, 0) is 42.9 Å². The number of benzene rings is 2. The molecule has 2 aliphatic heterocycles. The highest BCUT2D eigenvalue weighted by Gasteiger charge is 2.22. The van der Waals surface area contributed by atoms with Gasteiger partial charge in [-0.05, 0) is 95.6 Å². The van der Waals surface area contributed by atoms with E-state index in [4.69, 9.17) is 0 Å². The molecule has 12 heteroatoms. The van der Waals surface area contributed by atoms with Gasteiger partial charge in [0.05, 0.1) is 11.5 Å². The monoisotopic (exact) mass is 684 g/mol. The second-order valence-corrected chi connectivity index (χ2v) is 15.5. The van der Waals surface area contributed by atoms with Crippen LogP contribution in [0, 0.1) is 25.7 Å².